The van der Waals surface area contributed by atoms with Crippen LogP contribution in [0.2, 0.25) is 0 Å². The average molecular weight is 274 g/mol. The van der Waals surface area contributed by atoms with Crippen molar-refractivity contribution in [2.75, 3.05) is 0 Å². The molecule has 104 valence electrons. The van der Waals surface area contributed by atoms with Gasteiger partial charge in [0.05, 0.1) is 11.4 Å². The van der Waals surface area contributed by atoms with Crippen molar-refractivity contribution in [1.29, 1.82) is 0 Å². The first-order chi connectivity index (χ1) is 9.65. The van der Waals surface area contributed by atoms with Gasteiger partial charge in [-0.2, -0.15) is 0 Å². The van der Waals surface area contributed by atoms with Gasteiger partial charge in [0, 0.05) is 15.4 Å². The Kier molecular flexibility index (Phi) is 6.03. The van der Waals surface area contributed by atoms with Crippen molar-refractivity contribution in [3.63, 3.8) is 0 Å². The number of hydrogen-bond donors (Lipinski definition) is 0. The maximum Gasteiger partial charge on any atom is 0.198 e. The molecule has 0 amide bonds. The molecule has 1 aliphatic rings. The standard InChI is InChI=1S/C12H14N6O2/c1-2-3-4-5-6-8-10(19)7-9(15-17-13)12(20)11(8)16-18-14/h7H,2-6H2,1H3. The number of hydrogen-bond acceptors (Lipinski definition) is 4. The lowest BCUT2D eigenvalue weighted by Crippen LogP contribution is -2.17. The third-order valence-corrected chi connectivity index (χ3v) is 2.88. The number of azide groups is 2. The molecule has 0 atom stereocenters. The summed E-state index contributed by atoms with van der Waals surface area (Å²) in [5.41, 5.74) is 16.5. The van der Waals surface area contributed by atoms with Crippen molar-refractivity contribution in [3.05, 3.63) is 43.9 Å². The van der Waals surface area contributed by atoms with Crippen molar-refractivity contribution in [3.8, 4) is 0 Å². The first-order valence-corrected chi connectivity index (χ1v) is 6.29. The lowest BCUT2D eigenvalue weighted by atomic mass is 9.93. The summed E-state index contributed by atoms with van der Waals surface area (Å²) in [5.74, 6) is -1.14. The molecule has 1 rings (SSSR count). The predicted octanol–water partition coefficient (Wildman–Crippen LogP) is 3.87. The Labute approximate surface area is 115 Å². The van der Waals surface area contributed by atoms with Gasteiger partial charge < -0.3 is 0 Å². The number of nitrogens with zero attached hydrogens (tertiary/aromatic N) is 6. The molecule has 1 aliphatic carbocycles. The second-order valence-electron chi connectivity index (χ2n) is 4.24. The predicted molar refractivity (Wildman–Crippen MR) is 72.2 cm³/mol. The Balaban J connectivity index is 3.03. The third kappa shape index (κ3) is 3.71. The molecule has 0 aromatic rings. The molecule has 0 N–H and O–H groups in total. The quantitative estimate of drug-likeness (QED) is 0.229. The lowest BCUT2D eigenvalue weighted by molar-refractivity contribution is -0.116. The normalized spacial score (nSPS) is 14.6. The smallest absolute Gasteiger partial charge is 0.198 e. The van der Waals surface area contributed by atoms with E-state index >= 15 is 0 Å². The first-order valence-electron chi connectivity index (χ1n) is 6.29. The summed E-state index contributed by atoms with van der Waals surface area (Å²) in [4.78, 5) is 28.9. The summed E-state index contributed by atoms with van der Waals surface area (Å²) in [6.45, 7) is 2.06. The van der Waals surface area contributed by atoms with Gasteiger partial charge in [-0.1, -0.05) is 36.4 Å². The zero-order valence-corrected chi connectivity index (χ0v) is 11.1. The molecule has 0 bridgehead atoms. The fourth-order valence-corrected chi connectivity index (χ4v) is 1.89. The molecule has 0 aromatic carbocycles. The number of unbranched alkanes of at least 4 members (excludes halogenated alkanes) is 3. The van der Waals surface area contributed by atoms with E-state index in [0.717, 1.165) is 31.8 Å². The Bertz CT molecular complexity index is 577. The van der Waals surface area contributed by atoms with E-state index in [1.165, 1.54) is 0 Å². The van der Waals surface area contributed by atoms with Gasteiger partial charge in [-0.15, -0.1) is 0 Å². The molecular formula is C12H14N6O2. The third-order valence-electron chi connectivity index (χ3n) is 2.88. The van der Waals surface area contributed by atoms with Crippen LogP contribution in [0, 0.1) is 0 Å². The molecule has 0 aliphatic heterocycles. The molecule has 0 aromatic heterocycles. The van der Waals surface area contributed by atoms with Crippen molar-refractivity contribution < 1.29 is 9.59 Å². The van der Waals surface area contributed by atoms with E-state index < -0.39 is 11.6 Å². The highest BCUT2D eigenvalue weighted by Crippen LogP contribution is 2.25. The summed E-state index contributed by atoms with van der Waals surface area (Å²) < 4.78 is 0. The molecule has 0 unspecified atom stereocenters. The highest BCUT2D eigenvalue weighted by atomic mass is 16.1. The van der Waals surface area contributed by atoms with E-state index in [2.05, 4.69) is 27.0 Å². The summed E-state index contributed by atoms with van der Waals surface area (Å²) in [6, 6.07) is 0. The molecular weight excluding hydrogens is 260 g/mol. The van der Waals surface area contributed by atoms with Gasteiger partial charge in [0.2, 0.25) is 0 Å². The topological polar surface area (TPSA) is 132 Å². The fraction of sp³-hybridized carbons (Fsp3) is 0.500. The second kappa shape index (κ2) is 7.78. The fourth-order valence-electron chi connectivity index (χ4n) is 1.89. The maximum absolute atomic E-state index is 11.9. The first kappa shape index (κ1) is 15.5. The van der Waals surface area contributed by atoms with E-state index in [-0.39, 0.29) is 17.0 Å². The van der Waals surface area contributed by atoms with Gasteiger partial charge in [0.25, 0.3) is 0 Å². The van der Waals surface area contributed by atoms with E-state index in [0.29, 0.717) is 6.42 Å². The number of allylic oxidation sites excluding steroid dienone is 2. The summed E-state index contributed by atoms with van der Waals surface area (Å²) >= 11 is 0. The maximum atomic E-state index is 11.9. The van der Waals surface area contributed by atoms with Crippen molar-refractivity contribution in [1.82, 2.24) is 0 Å². The zero-order chi connectivity index (χ0) is 15.0. The molecule has 0 fully saturated rings. The van der Waals surface area contributed by atoms with Gasteiger partial charge in [-0.05, 0) is 30.0 Å². The minimum Gasteiger partial charge on any atom is -0.290 e. The van der Waals surface area contributed by atoms with E-state index in [4.69, 9.17) is 11.1 Å². The SMILES string of the molecule is CCCCCCC1=C(N=[N+]=[N-])C(=O)C(N=[N+]=[N-])=CC1=O. The van der Waals surface area contributed by atoms with Crippen LogP contribution in [0.3, 0.4) is 0 Å². The number of rotatable bonds is 7. The summed E-state index contributed by atoms with van der Waals surface area (Å²) in [7, 11) is 0. The van der Waals surface area contributed by atoms with Crippen LogP contribution < -0.4 is 0 Å². The van der Waals surface area contributed by atoms with Gasteiger partial charge >= 0.3 is 0 Å². The van der Waals surface area contributed by atoms with Crippen LogP contribution in [-0.2, 0) is 9.59 Å². The highest BCUT2D eigenvalue weighted by molar-refractivity contribution is 6.22. The van der Waals surface area contributed by atoms with Crippen molar-refractivity contribution in [2.45, 2.75) is 39.0 Å². The van der Waals surface area contributed by atoms with Crippen molar-refractivity contribution in [2.24, 2.45) is 10.2 Å². The molecule has 0 spiro atoms. The van der Waals surface area contributed by atoms with Crippen LogP contribution >= 0.6 is 0 Å². The largest absolute Gasteiger partial charge is 0.290 e. The van der Waals surface area contributed by atoms with Crippen LogP contribution in [0.1, 0.15) is 39.0 Å². The highest BCUT2D eigenvalue weighted by Gasteiger charge is 2.26. The van der Waals surface area contributed by atoms with E-state index in [1.54, 1.807) is 0 Å². The van der Waals surface area contributed by atoms with Gasteiger partial charge in [0.1, 0.15) is 0 Å². The van der Waals surface area contributed by atoms with Gasteiger partial charge in [-0.3, -0.25) is 9.59 Å². The number of Topliss-reactive ketones (excluding diaryl/α,β-unsaturated/α-hetero) is 1. The summed E-state index contributed by atoms with van der Waals surface area (Å²) in [6.07, 6.45) is 5.12. The minimum absolute atomic E-state index is 0.195. The second-order valence-corrected chi connectivity index (χ2v) is 4.24. The number of ketones is 2. The Morgan fingerprint density at radius 3 is 2.40 bits per heavy atom. The summed E-state index contributed by atoms with van der Waals surface area (Å²) in [5, 5.41) is 6.44. The minimum atomic E-state index is -0.703. The van der Waals surface area contributed by atoms with E-state index in [1.807, 2.05) is 0 Å². The van der Waals surface area contributed by atoms with Crippen LogP contribution in [0.15, 0.2) is 33.3 Å². The number of carbonyl (C=O) groups excluding carboxylic acids is 2. The Morgan fingerprint density at radius 2 is 1.80 bits per heavy atom. The zero-order valence-electron chi connectivity index (χ0n) is 11.1. The van der Waals surface area contributed by atoms with Crippen molar-refractivity contribution >= 4 is 11.6 Å². The molecule has 0 heterocycles. The Hall–Kier alpha value is -2.56. The van der Waals surface area contributed by atoms with Crippen LogP contribution in [0.4, 0.5) is 0 Å². The van der Waals surface area contributed by atoms with Gasteiger partial charge in [-0.25, -0.2) is 0 Å². The average Bonchev–Trinajstić information content (AvgIpc) is 2.43. The van der Waals surface area contributed by atoms with Gasteiger partial charge in [0.15, 0.2) is 11.6 Å². The van der Waals surface area contributed by atoms with Crippen LogP contribution in [0.5, 0.6) is 0 Å². The molecule has 20 heavy (non-hydrogen) atoms. The van der Waals surface area contributed by atoms with E-state index in [9.17, 15) is 9.59 Å². The monoisotopic (exact) mass is 274 g/mol. The molecule has 8 heteroatoms. The number of carbonyl (C=O) groups is 2. The van der Waals surface area contributed by atoms with Crippen LogP contribution in [0.25, 0.3) is 20.9 Å². The Morgan fingerprint density at radius 1 is 1.10 bits per heavy atom. The molecule has 0 saturated carbocycles. The molecule has 0 saturated heterocycles. The van der Waals surface area contributed by atoms with Crippen LogP contribution in [-0.4, -0.2) is 11.6 Å². The molecule has 0 radical (unpaired) electrons. The molecule has 8 nitrogen and oxygen atoms in total. The lowest BCUT2D eigenvalue weighted by Gasteiger charge is -2.13.